The molecule has 0 atom stereocenters. The van der Waals surface area contributed by atoms with Crippen molar-refractivity contribution >= 4 is 5.91 Å². The van der Waals surface area contributed by atoms with Crippen LogP contribution in [0.3, 0.4) is 0 Å². The fourth-order valence-corrected chi connectivity index (χ4v) is 2.25. The van der Waals surface area contributed by atoms with Crippen molar-refractivity contribution in [2.24, 2.45) is 0 Å². The molecule has 0 heterocycles. The SMILES string of the molecule is CCN(CCNCC(=O)N(C)C1CC1)C1CC1. The molecule has 2 aliphatic rings. The monoisotopic (exact) mass is 239 g/mol. The van der Waals surface area contributed by atoms with Crippen molar-refractivity contribution in [2.75, 3.05) is 33.2 Å². The highest BCUT2D eigenvalue weighted by atomic mass is 16.2. The molecule has 0 aromatic heterocycles. The minimum Gasteiger partial charge on any atom is -0.342 e. The molecule has 0 aliphatic heterocycles. The molecule has 1 amide bonds. The van der Waals surface area contributed by atoms with E-state index in [1.807, 2.05) is 11.9 Å². The van der Waals surface area contributed by atoms with Crippen LogP contribution in [0.4, 0.5) is 0 Å². The van der Waals surface area contributed by atoms with Gasteiger partial charge in [-0.1, -0.05) is 6.92 Å². The zero-order chi connectivity index (χ0) is 12.3. The Bertz CT molecular complexity index is 261. The van der Waals surface area contributed by atoms with Crippen LogP contribution >= 0.6 is 0 Å². The lowest BCUT2D eigenvalue weighted by Crippen LogP contribution is -2.40. The Morgan fingerprint density at radius 1 is 1.24 bits per heavy atom. The number of rotatable bonds is 8. The van der Waals surface area contributed by atoms with Gasteiger partial charge in [-0.25, -0.2) is 0 Å². The first kappa shape index (κ1) is 12.8. The van der Waals surface area contributed by atoms with Gasteiger partial charge in [0.05, 0.1) is 6.54 Å². The molecule has 4 nitrogen and oxygen atoms in total. The topological polar surface area (TPSA) is 35.6 Å². The fourth-order valence-electron chi connectivity index (χ4n) is 2.25. The lowest BCUT2D eigenvalue weighted by Gasteiger charge is -2.20. The second-order valence-corrected chi connectivity index (χ2v) is 5.27. The van der Waals surface area contributed by atoms with E-state index in [0.717, 1.165) is 25.7 Å². The summed E-state index contributed by atoms with van der Waals surface area (Å²) in [5.74, 6) is 0.238. The molecule has 17 heavy (non-hydrogen) atoms. The molecule has 0 aromatic rings. The van der Waals surface area contributed by atoms with E-state index in [2.05, 4.69) is 17.1 Å². The van der Waals surface area contributed by atoms with Gasteiger partial charge in [0.25, 0.3) is 0 Å². The average Bonchev–Trinajstić information content (AvgIpc) is 3.18. The maximum absolute atomic E-state index is 11.7. The van der Waals surface area contributed by atoms with E-state index in [9.17, 15) is 4.79 Å². The summed E-state index contributed by atoms with van der Waals surface area (Å²) < 4.78 is 0. The number of nitrogens with one attached hydrogen (secondary N) is 1. The van der Waals surface area contributed by atoms with Gasteiger partial charge < -0.3 is 10.2 Å². The molecule has 0 aromatic carbocycles. The van der Waals surface area contributed by atoms with Crippen molar-refractivity contribution in [3.63, 3.8) is 0 Å². The highest BCUT2D eigenvalue weighted by molar-refractivity contribution is 5.78. The summed E-state index contributed by atoms with van der Waals surface area (Å²) in [5.41, 5.74) is 0. The van der Waals surface area contributed by atoms with Gasteiger partial charge in [-0.15, -0.1) is 0 Å². The minimum atomic E-state index is 0.238. The number of hydrogen-bond acceptors (Lipinski definition) is 3. The number of carbonyl (C=O) groups is 1. The Labute approximate surface area is 104 Å². The number of amides is 1. The molecule has 0 spiro atoms. The van der Waals surface area contributed by atoms with E-state index in [1.165, 1.54) is 25.7 Å². The maximum Gasteiger partial charge on any atom is 0.236 e. The van der Waals surface area contributed by atoms with Crippen molar-refractivity contribution in [2.45, 2.75) is 44.7 Å². The van der Waals surface area contributed by atoms with Crippen LogP contribution in [0, 0.1) is 0 Å². The van der Waals surface area contributed by atoms with Crippen LogP contribution in [0.25, 0.3) is 0 Å². The van der Waals surface area contributed by atoms with Crippen molar-refractivity contribution in [3.05, 3.63) is 0 Å². The molecular formula is C13H25N3O. The molecule has 4 heteroatoms. The molecule has 0 radical (unpaired) electrons. The van der Waals surface area contributed by atoms with Gasteiger partial charge in [0.2, 0.25) is 5.91 Å². The van der Waals surface area contributed by atoms with Gasteiger partial charge >= 0.3 is 0 Å². The normalized spacial score (nSPS) is 19.7. The fraction of sp³-hybridized carbons (Fsp3) is 0.923. The lowest BCUT2D eigenvalue weighted by molar-refractivity contribution is -0.129. The summed E-state index contributed by atoms with van der Waals surface area (Å²) in [6, 6.07) is 1.36. The van der Waals surface area contributed by atoms with E-state index in [0.29, 0.717) is 12.6 Å². The standard InChI is InChI=1S/C13H25N3O/c1-3-16(12-6-7-12)9-8-14-10-13(17)15(2)11-4-5-11/h11-12,14H,3-10H2,1-2H3. The van der Waals surface area contributed by atoms with Crippen LogP contribution in [-0.2, 0) is 4.79 Å². The van der Waals surface area contributed by atoms with E-state index < -0.39 is 0 Å². The summed E-state index contributed by atoms with van der Waals surface area (Å²) in [6.45, 7) is 5.83. The summed E-state index contributed by atoms with van der Waals surface area (Å²) in [7, 11) is 1.92. The van der Waals surface area contributed by atoms with Gasteiger partial charge in [0.1, 0.15) is 0 Å². The zero-order valence-electron chi connectivity index (χ0n) is 11.1. The van der Waals surface area contributed by atoms with Gasteiger partial charge in [0.15, 0.2) is 0 Å². The third-order valence-corrected chi connectivity index (χ3v) is 3.81. The quantitative estimate of drug-likeness (QED) is 0.633. The summed E-state index contributed by atoms with van der Waals surface area (Å²) in [4.78, 5) is 16.1. The highest BCUT2D eigenvalue weighted by Crippen LogP contribution is 2.26. The first-order valence-electron chi connectivity index (χ1n) is 6.92. The van der Waals surface area contributed by atoms with Crippen LogP contribution in [0.1, 0.15) is 32.6 Å². The Hall–Kier alpha value is -0.610. The highest BCUT2D eigenvalue weighted by Gasteiger charge is 2.29. The average molecular weight is 239 g/mol. The maximum atomic E-state index is 11.7. The molecular weight excluding hydrogens is 214 g/mol. The summed E-state index contributed by atoms with van der Waals surface area (Å²) in [5, 5.41) is 3.26. The van der Waals surface area contributed by atoms with Crippen LogP contribution in [0.15, 0.2) is 0 Å². The van der Waals surface area contributed by atoms with Crippen molar-refractivity contribution < 1.29 is 4.79 Å². The number of likely N-dealkylation sites (N-methyl/N-ethyl adjacent to an activating group) is 2. The Morgan fingerprint density at radius 3 is 2.41 bits per heavy atom. The third-order valence-electron chi connectivity index (χ3n) is 3.81. The first-order valence-corrected chi connectivity index (χ1v) is 6.92. The third kappa shape index (κ3) is 3.96. The van der Waals surface area contributed by atoms with Crippen LogP contribution in [0.2, 0.25) is 0 Å². The second-order valence-electron chi connectivity index (χ2n) is 5.27. The van der Waals surface area contributed by atoms with Crippen molar-refractivity contribution in [3.8, 4) is 0 Å². The molecule has 0 bridgehead atoms. The van der Waals surface area contributed by atoms with E-state index in [1.54, 1.807) is 0 Å². The van der Waals surface area contributed by atoms with E-state index >= 15 is 0 Å². The lowest BCUT2D eigenvalue weighted by atomic mass is 10.4. The first-order chi connectivity index (χ1) is 8.22. The summed E-state index contributed by atoms with van der Waals surface area (Å²) >= 11 is 0. The predicted octanol–water partition coefficient (Wildman–Crippen LogP) is 0.681. The number of hydrogen-bond donors (Lipinski definition) is 1. The minimum absolute atomic E-state index is 0.238. The Morgan fingerprint density at radius 2 is 1.88 bits per heavy atom. The molecule has 0 unspecified atom stereocenters. The van der Waals surface area contributed by atoms with Crippen LogP contribution < -0.4 is 5.32 Å². The molecule has 2 fully saturated rings. The predicted molar refractivity (Wildman–Crippen MR) is 68.9 cm³/mol. The molecule has 2 saturated carbocycles. The molecule has 0 saturated heterocycles. The van der Waals surface area contributed by atoms with Crippen molar-refractivity contribution in [1.82, 2.24) is 15.1 Å². The number of nitrogens with zero attached hydrogens (tertiary/aromatic N) is 2. The smallest absolute Gasteiger partial charge is 0.236 e. The molecule has 98 valence electrons. The summed E-state index contributed by atoms with van der Waals surface area (Å²) in [6.07, 6.45) is 5.09. The van der Waals surface area contributed by atoms with Crippen LogP contribution in [0.5, 0.6) is 0 Å². The zero-order valence-corrected chi connectivity index (χ0v) is 11.1. The molecule has 2 rings (SSSR count). The van der Waals surface area contributed by atoms with E-state index in [-0.39, 0.29) is 5.91 Å². The van der Waals surface area contributed by atoms with E-state index in [4.69, 9.17) is 0 Å². The van der Waals surface area contributed by atoms with Crippen molar-refractivity contribution in [1.29, 1.82) is 0 Å². The largest absolute Gasteiger partial charge is 0.342 e. The Balaban J connectivity index is 1.54. The second kappa shape index (κ2) is 5.83. The van der Waals surface area contributed by atoms with Gasteiger partial charge in [-0.05, 0) is 32.2 Å². The van der Waals surface area contributed by atoms with Gasteiger partial charge in [-0.3, -0.25) is 9.69 Å². The van der Waals surface area contributed by atoms with Crippen LogP contribution in [-0.4, -0.2) is 61.0 Å². The van der Waals surface area contributed by atoms with Gasteiger partial charge in [0, 0.05) is 32.2 Å². The Kier molecular flexibility index (Phi) is 4.40. The molecule has 2 aliphatic carbocycles. The van der Waals surface area contributed by atoms with Gasteiger partial charge in [-0.2, -0.15) is 0 Å². The number of carbonyl (C=O) groups excluding carboxylic acids is 1. The molecule has 1 N–H and O–H groups in total.